The van der Waals surface area contributed by atoms with E-state index in [-0.39, 0.29) is 5.82 Å². The molecule has 19 heavy (non-hydrogen) atoms. The SMILES string of the molecule is Fc1ccc2nc(NC3CCCCCCC3)[nH]c2c1. The molecule has 3 rings (SSSR count). The van der Waals surface area contributed by atoms with Gasteiger partial charge in [0, 0.05) is 6.04 Å². The van der Waals surface area contributed by atoms with Crippen LogP contribution in [-0.4, -0.2) is 16.0 Å². The fraction of sp³-hybridized carbons (Fsp3) is 0.533. The van der Waals surface area contributed by atoms with Crippen LogP contribution in [0, 0.1) is 5.82 Å². The highest BCUT2D eigenvalue weighted by atomic mass is 19.1. The number of nitrogens with zero attached hydrogens (tertiary/aromatic N) is 1. The van der Waals surface area contributed by atoms with Crippen molar-refractivity contribution in [3.05, 3.63) is 24.0 Å². The normalized spacial score (nSPS) is 18.2. The van der Waals surface area contributed by atoms with E-state index >= 15 is 0 Å². The molecule has 0 radical (unpaired) electrons. The monoisotopic (exact) mass is 261 g/mol. The lowest BCUT2D eigenvalue weighted by Gasteiger charge is -2.20. The molecular formula is C15H20FN3. The number of anilines is 1. The van der Waals surface area contributed by atoms with Gasteiger partial charge in [0.05, 0.1) is 11.0 Å². The molecule has 0 aliphatic heterocycles. The molecule has 1 saturated carbocycles. The summed E-state index contributed by atoms with van der Waals surface area (Å²) in [5.74, 6) is 0.542. The summed E-state index contributed by atoms with van der Waals surface area (Å²) in [6.45, 7) is 0. The van der Waals surface area contributed by atoms with E-state index in [0.29, 0.717) is 6.04 Å². The van der Waals surface area contributed by atoms with Gasteiger partial charge in [-0.05, 0) is 31.0 Å². The molecule has 102 valence electrons. The number of halogens is 1. The second-order valence-electron chi connectivity index (χ2n) is 5.43. The zero-order valence-electron chi connectivity index (χ0n) is 11.1. The molecule has 1 aromatic carbocycles. The Morgan fingerprint density at radius 2 is 1.84 bits per heavy atom. The second kappa shape index (κ2) is 5.59. The molecular weight excluding hydrogens is 241 g/mol. The minimum Gasteiger partial charge on any atom is -0.353 e. The molecule has 0 atom stereocenters. The predicted molar refractivity (Wildman–Crippen MR) is 75.8 cm³/mol. The van der Waals surface area contributed by atoms with Crippen molar-refractivity contribution >= 4 is 17.0 Å². The van der Waals surface area contributed by atoms with Crippen LogP contribution in [0.4, 0.5) is 10.3 Å². The van der Waals surface area contributed by atoms with E-state index in [9.17, 15) is 4.39 Å². The highest BCUT2D eigenvalue weighted by molar-refractivity contribution is 5.77. The third-order valence-electron chi connectivity index (χ3n) is 3.89. The molecule has 3 nitrogen and oxygen atoms in total. The topological polar surface area (TPSA) is 40.7 Å². The van der Waals surface area contributed by atoms with Crippen molar-refractivity contribution in [2.24, 2.45) is 0 Å². The van der Waals surface area contributed by atoms with Crippen LogP contribution in [0.5, 0.6) is 0 Å². The Balaban J connectivity index is 1.72. The van der Waals surface area contributed by atoms with E-state index in [1.165, 1.54) is 57.1 Å². The second-order valence-corrected chi connectivity index (χ2v) is 5.43. The van der Waals surface area contributed by atoms with Gasteiger partial charge in [-0.3, -0.25) is 0 Å². The van der Waals surface area contributed by atoms with Gasteiger partial charge < -0.3 is 10.3 Å². The fourth-order valence-corrected chi connectivity index (χ4v) is 2.84. The predicted octanol–water partition coefficient (Wildman–Crippen LogP) is 4.23. The maximum Gasteiger partial charge on any atom is 0.201 e. The average Bonchev–Trinajstić information content (AvgIpc) is 2.74. The zero-order valence-corrected chi connectivity index (χ0v) is 11.1. The lowest BCUT2D eigenvalue weighted by molar-refractivity contribution is 0.470. The summed E-state index contributed by atoms with van der Waals surface area (Å²) in [4.78, 5) is 7.63. The van der Waals surface area contributed by atoms with Gasteiger partial charge in [-0.2, -0.15) is 0 Å². The Kier molecular flexibility index (Phi) is 3.67. The summed E-state index contributed by atoms with van der Waals surface area (Å²) in [5.41, 5.74) is 1.57. The van der Waals surface area contributed by atoms with E-state index in [0.717, 1.165) is 17.0 Å². The van der Waals surface area contributed by atoms with Crippen LogP contribution in [-0.2, 0) is 0 Å². The minimum atomic E-state index is -0.228. The van der Waals surface area contributed by atoms with Crippen molar-refractivity contribution in [1.82, 2.24) is 9.97 Å². The Morgan fingerprint density at radius 3 is 2.63 bits per heavy atom. The van der Waals surface area contributed by atoms with E-state index in [4.69, 9.17) is 0 Å². The molecule has 1 fully saturated rings. The summed E-state index contributed by atoms with van der Waals surface area (Å²) in [6.07, 6.45) is 9.01. The lowest BCUT2D eigenvalue weighted by atomic mass is 9.97. The van der Waals surface area contributed by atoms with Gasteiger partial charge in [0.2, 0.25) is 5.95 Å². The summed E-state index contributed by atoms with van der Waals surface area (Å²) in [5, 5.41) is 3.47. The molecule has 1 aromatic heterocycles. The zero-order chi connectivity index (χ0) is 13.1. The quantitative estimate of drug-likeness (QED) is 0.849. The largest absolute Gasteiger partial charge is 0.353 e. The van der Waals surface area contributed by atoms with Gasteiger partial charge in [-0.15, -0.1) is 0 Å². The first-order chi connectivity index (χ1) is 9.31. The fourth-order valence-electron chi connectivity index (χ4n) is 2.84. The Bertz CT molecular complexity index is 541. The van der Waals surface area contributed by atoms with Gasteiger partial charge in [-0.1, -0.05) is 32.1 Å². The lowest BCUT2D eigenvalue weighted by Crippen LogP contribution is -2.21. The molecule has 0 spiro atoms. The molecule has 2 aromatic rings. The number of hydrogen-bond donors (Lipinski definition) is 2. The van der Waals surface area contributed by atoms with E-state index < -0.39 is 0 Å². The number of rotatable bonds is 2. The molecule has 1 aliphatic rings. The highest BCUT2D eigenvalue weighted by Gasteiger charge is 2.13. The van der Waals surface area contributed by atoms with Crippen molar-refractivity contribution in [3.63, 3.8) is 0 Å². The van der Waals surface area contributed by atoms with Crippen molar-refractivity contribution in [3.8, 4) is 0 Å². The van der Waals surface area contributed by atoms with Crippen LogP contribution in [0.15, 0.2) is 18.2 Å². The van der Waals surface area contributed by atoms with Crippen molar-refractivity contribution in [1.29, 1.82) is 0 Å². The van der Waals surface area contributed by atoms with Crippen molar-refractivity contribution < 1.29 is 4.39 Å². The first-order valence-electron chi connectivity index (χ1n) is 7.23. The Morgan fingerprint density at radius 1 is 1.11 bits per heavy atom. The van der Waals surface area contributed by atoms with Crippen LogP contribution in [0.3, 0.4) is 0 Å². The average molecular weight is 261 g/mol. The number of nitrogens with one attached hydrogen (secondary N) is 2. The molecule has 0 bridgehead atoms. The van der Waals surface area contributed by atoms with Gasteiger partial charge in [-0.25, -0.2) is 9.37 Å². The molecule has 4 heteroatoms. The first kappa shape index (κ1) is 12.5. The van der Waals surface area contributed by atoms with Crippen LogP contribution in [0.2, 0.25) is 0 Å². The summed E-state index contributed by atoms with van der Waals surface area (Å²) >= 11 is 0. The first-order valence-corrected chi connectivity index (χ1v) is 7.23. The third kappa shape index (κ3) is 3.06. The number of hydrogen-bond acceptors (Lipinski definition) is 2. The summed E-state index contributed by atoms with van der Waals surface area (Å²) < 4.78 is 13.1. The Hall–Kier alpha value is -1.58. The van der Waals surface area contributed by atoms with Crippen LogP contribution in [0.25, 0.3) is 11.0 Å². The molecule has 1 heterocycles. The smallest absolute Gasteiger partial charge is 0.201 e. The van der Waals surface area contributed by atoms with Gasteiger partial charge in [0.1, 0.15) is 5.82 Å². The molecule has 0 saturated heterocycles. The standard InChI is InChI=1S/C15H20FN3/c16-11-8-9-13-14(10-11)19-15(18-13)17-12-6-4-2-1-3-5-7-12/h8-10,12H,1-7H2,(H2,17,18,19). The molecule has 0 amide bonds. The van der Waals surface area contributed by atoms with E-state index in [1.54, 1.807) is 6.07 Å². The number of fused-ring (bicyclic) bond motifs is 1. The van der Waals surface area contributed by atoms with Crippen LogP contribution in [0.1, 0.15) is 44.9 Å². The third-order valence-corrected chi connectivity index (χ3v) is 3.89. The van der Waals surface area contributed by atoms with Crippen LogP contribution < -0.4 is 5.32 Å². The van der Waals surface area contributed by atoms with Crippen LogP contribution >= 0.6 is 0 Å². The maximum atomic E-state index is 13.1. The molecule has 1 aliphatic carbocycles. The molecule has 0 unspecified atom stereocenters. The Labute approximate surface area is 112 Å². The van der Waals surface area contributed by atoms with Crippen molar-refractivity contribution in [2.45, 2.75) is 51.0 Å². The van der Waals surface area contributed by atoms with Crippen molar-refractivity contribution in [2.75, 3.05) is 5.32 Å². The maximum absolute atomic E-state index is 13.1. The van der Waals surface area contributed by atoms with E-state index in [2.05, 4.69) is 15.3 Å². The number of aromatic nitrogens is 2. The highest BCUT2D eigenvalue weighted by Crippen LogP contribution is 2.21. The summed E-state index contributed by atoms with van der Waals surface area (Å²) in [6, 6.07) is 5.14. The number of benzene rings is 1. The van der Waals surface area contributed by atoms with Gasteiger partial charge in [0.25, 0.3) is 0 Å². The summed E-state index contributed by atoms with van der Waals surface area (Å²) in [7, 11) is 0. The van der Waals surface area contributed by atoms with Gasteiger partial charge in [0.15, 0.2) is 0 Å². The van der Waals surface area contributed by atoms with Gasteiger partial charge >= 0.3 is 0 Å². The van der Waals surface area contributed by atoms with E-state index in [1.807, 2.05) is 0 Å². The molecule has 2 N–H and O–H groups in total. The minimum absolute atomic E-state index is 0.228. The number of aromatic amines is 1. The number of imidazole rings is 1. The number of H-pyrrole nitrogens is 1.